The molecule has 0 aromatic carbocycles. The molecule has 0 saturated heterocycles. The van der Waals surface area contributed by atoms with Crippen LogP contribution >= 0.6 is 0 Å². The van der Waals surface area contributed by atoms with Crippen LogP contribution in [0.2, 0.25) is 0 Å². The number of hydrogen-bond acceptors (Lipinski definition) is 7. The Morgan fingerprint density at radius 1 is 1.33 bits per heavy atom. The minimum atomic E-state index is -0.577. The van der Waals surface area contributed by atoms with Crippen molar-refractivity contribution < 1.29 is 14.3 Å². The average Bonchev–Trinajstić information content (AvgIpc) is 2.81. The van der Waals surface area contributed by atoms with Gasteiger partial charge in [-0.25, -0.2) is 14.5 Å². The summed E-state index contributed by atoms with van der Waals surface area (Å²) in [5.74, 6) is 0.138. The van der Waals surface area contributed by atoms with Crippen LogP contribution in [0, 0.1) is 6.92 Å². The van der Waals surface area contributed by atoms with Crippen LogP contribution in [-0.2, 0) is 4.74 Å². The molecule has 2 rings (SSSR count). The summed E-state index contributed by atoms with van der Waals surface area (Å²) in [4.78, 5) is 20.2. The summed E-state index contributed by atoms with van der Waals surface area (Å²) in [7, 11) is 0. The van der Waals surface area contributed by atoms with Gasteiger partial charge in [-0.15, -0.1) is 0 Å². The topological polar surface area (TPSA) is 105 Å². The van der Waals surface area contributed by atoms with Gasteiger partial charge >= 0.3 is 5.97 Å². The lowest BCUT2D eigenvalue weighted by Crippen LogP contribution is -2.10. The third kappa shape index (κ3) is 3.28. The summed E-state index contributed by atoms with van der Waals surface area (Å²) in [6.07, 6.45) is 1.47. The normalized spacial score (nSPS) is 10.4. The number of aromatic nitrogens is 4. The first-order valence-corrected chi connectivity index (χ1v) is 6.56. The van der Waals surface area contributed by atoms with Crippen molar-refractivity contribution >= 4 is 11.7 Å². The quantitative estimate of drug-likeness (QED) is 0.823. The highest BCUT2D eigenvalue weighted by Gasteiger charge is 2.18. The number of nitrogens with zero attached hydrogens (tertiary/aromatic N) is 4. The van der Waals surface area contributed by atoms with Gasteiger partial charge in [-0.1, -0.05) is 0 Å². The third-order valence-corrected chi connectivity index (χ3v) is 2.53. The molecule has 0 aliphatic carbocycles. The molecule has 2 heterocycles. The summed E-state index contributed by atoms with van der Waals surface area (Å²) in [5, 5.41) is 4.08. The van der Waals surface area contributed by atoms with Crippen LogP contribution in [0.3, 0.4) is 0 Å². The molecule has 112 valence electrons. The van der Waals surface area contributed by atoms with E-state index < -0.39 is 5.97 Å². The molecule has 8 nitrogen and oxygen atoms in total. The van der Waals surface area contributed by atoms with Gasteiger partial charge in [-0.2, -0.15) is 10.1 Å². The second-order valence-corrected chi connectivity index (χ2v) is 4.18. The summed E-state index contributed by atoms with van der Waals surface area (Å²) in [6.45, 7) is 6.13. The molecule has 0 amide bonds. The maximum Gasteiger partial charge on any atom is 0.361 e. The number of anilines is 1. The number of ether oxygens (including phenoxy) is 2. The van der Waals surface area contributed by atoms with E-state index >= 15 is 0 Å². The minimum Gasteiger partial charge on any atom is -0.478 e. The molecular formula is C13H17N5O3. The Labute approximate surface area is 121 Å². The zero-order valence-electron chi connectivity index (χ0n) is 12.2. The van der Waals surface area contributed by atoms with E-state index in [9.17, 15) is 4.79 Å². The first-order valence-electron chi connectivity index (χ1n) is 6.56. The fourth-order valence-electron chi connectivity index (χ4n) is 1.70. The number of nitrogens with two attached hydrogens (primary N) is 1. The molecule has 0 bridgehead atoms. The average molecular weight is 291 g/mol. The molecule has 2 aromatic rings. The molecule has 0 aliphatic rings. The Morgan fingerprint density at radius 3 is 2.76 bits per heavy atom. The molecule has 0 fully saturated rings. The number of nitrogen functional groups attached to an aromatic ring is 1. The van der Waals surface area contributed by atoms with Crippen LogP contribution < -0.4 is 10.5 Å². The molecule has 0 spiro atoms. The molecule has 0 unspecified atom stereocenters. The van der Waals surface area contributed by atoms with Crippen molar-refractivity contribution in [3.63, 3.8) is 0 Å². The van der Waals surface area contributed by atoms with Gasteiger partial charge in [0.05, 0.1) is 25.1 Å². The van der Waals surface area contributed by atoms with Gasteiger partial charge in [-0.3, -0.25) is 0 Å². The lowest BCUT2D eigenvalue weighted by Gasteiger charge is -2.05. The summed E-state index contributed by atoms with van der Waals surface area (Å²) in [6, 6.07) is 1.71. The van der Waals surface area contributed by atoms with E-state index in [-0.39, 0.29) is 23.9 Å². The monoisotopic (exact) mass is 291 g/mol. The smallest absolute Gasteiger partial charge is 0.361 e. The third-order valence-electron chi connectivity index (χ3n) is 2.53. The predicted octanol–water partition coefficient (Wildman–Crippen LogP) is 1.13. The first-order chi connectivity index (χ1) is 10.0. The number of carbonyl (C=O) groups is 1. The lowest BCUT2D eigenvalue weighted by atomic mass is 10.4. The van der Waals surface area contributed by atoms with Crippen LogP contribution in [0.5, 0.6) is 5.88 Å². The summed E-state index contributed by atoms with van der Waals surface area (Å²) >= 11 is 0. The Hall–Kier alpha value is -2.64. The van der Waals surface area contributed by atoms with Crippen LogP contribution in [0.15, 0.2) is 12.3 Å². The van der Waals surface area contributed by atoms with E-state index in [0.29, 0.717) is 12.5 Å². The fourth-order valence-corrected chi connectivity index (χ4v) is 1.70. The zero-order chi connectivity index (χ0) is 15.4. The van der Waals surface area contributed by atoms with Gasteiger partial charge < -0.3 is 15.2 Å². The minimum absolute atomic E-state index is 0.0416. The Balaban J connectivity index is 2.38. The maximum absolute atomic E-state index is 11.7. The van der Waals surface area contributed by atoms with Crippen LogP contribution in [-0.4, -0.2) is 38.9 Å². The van der Waals surface area contributed by atoms with Crippen molar-refractivity contribution in [2.75, 3.05) is 18.9 Å². The first kappa shape index (κ1) is 14.8. The molecule has 0 saturated carbocycles. The van der Waals surface area contributed by atoms with Gasteiger partial charge in [0, 0.05) is 11.8 Å². The molecular weight excluding hydrogens is 274 g/mol. The van der Waals surface area contributed by atoms with E-state index in [2.05, 4.69) is 15.1 Å². The fraction of sp³-hybridized carbons (Fsp3) is 0.385. The Bertz CT molecular complexity index is 653. The van der Waals surface area contributed by atoms with E-state index in [1.807, 2.05) is 13.8 Å². The molecule has 2 aromatic heterocycles. The SMILES string of the molecule is CCOC(=O)c1nn(-c2nc(C)cc(OCC)n2)cc1N. The maximum atomic E-state index is 11.7. The number of carbonyl (C=O) groups excluding carboxylic acids is 1. The van der Waals surface area contributed by atoms with Crippen molar-refractivity contribution in [2.45, 2.75) is 20.8 Å². The number of esters is 1. The van der Waals surface area contributed by atoms with Gasteiger partial charge in [0.1, 0.15) is 0 Å². The highest BCUT2D eigenvalue weighted by Crippen LogP contribution is 2.16. The Morgan fingerprint density at radius 2 is 2.10 bits per heavy atom. The largest absolute Gasteiger partial charge is 0.478 e. The van der Waals surface area contributed by atoms with E-state index in [4.69, 9.17) is 15.2 Å². The molecule has 21 heavy (non-hydrogen) atoms. The van der Waals surface area contributed by atoms with Gasteiger partial charge in [0.25, 0.3) is 5.95 Å². The second-order valence-electron chi connectivity index (χ2n) is 4.18. The number of aryl methyl sites for hydroxylation is 1. The molecule has 2 N–H and O–H groups in total. The lowest BCUT2D eigenvalue weighted by molar-refractivity contribution is 0.0520. The molecule has 0 aliphatic heterocycles. The van der Waals surface area contributed by atoms with Gasteiger partial charge in [0.2, 0.25) is 5.88 Å². The zero-order valence-corrected chi connectivity index (χ0v) is 12.2. The Kier molecular flexibility index (Phi) is 4.36. The van der Waals surface area contributed by atoms with Gasteiger partial charge in [0.15, 0.2) is 5.69 Å². The van der Waals surface area contributed by atoms with E-state index in [1.54, 1.807) is 13.0 Å². The van der Waals surface area contributed by atoms with Crippen molar-refractivity contribution in [1.82, 2.24) is 19.7 Å². The van der Waals surface area contributed by atoms with Crippen molar-refractivity contribution in [3.8, 4) is 11.8 Å². The standard InChI is InChI=1S/C13H17N5O3/c1-4-20-10-6-8(3)15-13(16-10)18-7-9(14)11(17-18)12(19)21-5-2/h6-7H,4-5,14H2,1-3H3. The van der Waals surface area contributed by atoms with Crippen molar-refractivity contribution in [1.29, 1.82) is 0 Å². The highest BCUT2D eigenvalue weighted by molar-refractivity contribution is 5.92. The number of rotatable bonds is 5. The van der Waals surface area contributed by atoms with Crippen LogP contribution in [0.4, 0.5) is 5.69 Å². The number of hydrogen-bond donors (Lipinski definition) is 1. The van der Waals surface area contributed by atoms with Crippen LogP contribution in [0.25, 0.3) is 5.95 Å². The van der Waals surface area contributed by atoms with E-state index in [1.165, 1.54) is 10.9 Å². The van der Waals surface area contributed by atoms with Crippen LogP contribution in [0.1, 0.15) is 30.0 Å². The van der Waals surface area contributed by atoms with E-state index in [0.717, 1.165) is 5.69 Å². The summed E-state index contributed by atoms with van der Waals surface area (Å²) < 4.78 is 11.6. The predicted molar refractivity (Wildman–Crippen MR) is 75.4 cm³/mol. The van der Waals surface area contributed by atoms with Crippen molar-refractivity contribution in [2.24, 2.45) is 0 Å². The van der Waals surface area contributed by atoms with Crippen molar-refractivity contribution in [3.05, 3.63) is 23.7 Å². The summed E-state index contributed by atoms with van der Waals surface area (Å²) in [5.41, 5.74) is 6.74. The molecule has 8 heteroatoms. The molecule has 0 atom stereocenters. The highest BCUT2D eigenvalue weighted by atomic mass is 16.5. The second kappa shape index (κ2) is 6.21. The van der Waals surface area contributed by atoms with Gasteiger partial charge in [-0.05, 0) is 20.8 Å². The molecule has 0 radical (unpaired) electrons.